The van der Waals surface area contributed by atoms with Crippen LogP contribution in [0.1, 0.15) is 21.7 Å². The molecule has 0 aliphatic carbocycles. The molecule has 0 unspecified atom stereocenters. The molecule has 2 amide bonds. The molecule has 3 N–H and O–H groups in total. The fraction of sp³-hybridized carbons (Fsp3) is 0.143. The minimum absolute atomic E-state index is 0.0928. The molecule has 0 saturated heterocycles. The van der Waals surface area contributed by atoms with Crippen LogP contribution in [0.15, 0.2) is 65.3 Å². The van der Waals surface area contributed by atoms with Crippen LogP contribution in [0.25, 0.3) is 0 Å². The topological polar surface area (TPSA) is 83.4 Å². The Balaban J connectivity index is 1.47. The van der Waals surface area contributed by atoms with Gasteiger partial charge in [0.25, 0.3) is 5.91 Å². The van der Waals surface area contributed by atoms with Crippen LogP contribution in [0.3, 0.4) is 0 Å². The van der Waals surface area contributed by atoms with Crippen molar-refractivity contribution in [1.29, 1.82) is 0 Å². The van der Waals surface area contributed by atoms with Crippen molar-refractivity contribution in [3.63, 3.8) is 0 Å². The molecule has 144 valence electrons. The fourth-order valence-electron chi connectivity index (χ4n) is 2.48. The molecule has 0 radical (unpaired) electrons. The van der Waals surface area contributed by atoms with Crippen molar-refractivity contribution in [1.82, 2.24) is 5.32 Å². The van der Waals surface area contributed by atoms with Gasteiger partial charge < -0.3 is 20.4 Å². The first-order valence-electron chi connectivity index (χ1n) is 8.72. The maximum absolute atomic E-state index is 12.1. The minimum atomic E-state index is -0.197. The third kappa shape index (κ3) is 5.37. The molecule has 0 bridgehead atoms. The van der Waals surface area contributed by atoms with E-state index in [4.69, 9.17) is 16.0 Å². The Hall–Kier alpha value is -3.25. The van der Waals surface area contributed by atoms with Gasteiger partial charge in [0.15, 0.2) is 0 Å². The van der Waals surface area contributed by atoms with E-state index < -0.39 is 0 Å². The molecule has 3 rings (SSSR count). The van der Waals surface area contributed by atoms with Crippen molar-refractivity contribution in [3.05, 3.63) is 82.8 Å². The second-order valence-electron chi connectivity index (χ2n) is 6.21. The number of rotatable bonds is 7. The number of halogens is 1. The van der Waals surface area contributed by atoms with Gasteiger partial charge in [-0.05, 0) is 61.0 Å². The molecule has 0 aliphatic heterocycles. The summed E-state index contributed by atoms with van der Waals surface area (Å²) in [5.41, 5.74) is 2.85. The lowest BCUT2D eigenvalue weighted by Crippen LogP contribution is -2.23. The molecule has 1 heterocycles. The molecule has 1 aromatic heterocycles. The zero-order valence-electron chi connectivity index (χ0n) is 15.3. The van der Waals surface area contributed by atoms with Crippen LogP contribution in [-0.4, -0.2) is 18.4 Å². The first kappa shape index (κ1) is 19.5. The molecule has 0 fully saturated rings. The molecule has 7 heteroatoms. The van der Waals surface area contributed by atoms with E-state index in [9.17, 15) is 9.59 Å². The van der Waals surface area contributed by atoms with E-state index in [1.165, 1.54) is 0 Å². The van der Waals surface area contributed by atoms with Gasteiger partial charge in [-0.3, -0.25) is 9.59 Å². The highest BCUT2D eigenvalue weighted by atomic mass is 35.5. The van der Waals surface area contributed by atoms with Crippen LogP contribution >= 0.6 is 11.6 Å². The molecule has 0 atom stereocenters. The van der Waals surface area contributed by atoms with Crippen LogP contribution < -0.4 is 16.0 Å². The summed E-state index contributed by atoms with van der Waals surface area (Å²) in [5, 5.41) is 9.18. The summed E-state index contributed by atoms with van der Waals surface area (Å²) in [6.45, 7) is 2.32. The number of aryl methyl sites for hydroxylation is 1. The summed E-state index contributed by atoms with van der Waals surface area (Å²) in [6.07, 6.45) is 1.56. The Morgan fingerprint density at radius 2 is 1.79 bits per heavy atom. The summed E-state index contributed by atoms with van der Waals surface area (Å²) >= 11 is 6.06. The monoisotopic (exact) mass is 397 g/mol. The molecule has 0 aliphatic rings. The van der Waals surface area contributed by atoms with E-state index in [-0.39, 0.29) is 18.4 Å². The van der Waals surface area contributed by atoms with Crippen molar-refractivity contribution < 1.29 is 14.0 Å². The SMILES string of the molecule is Cc1ccc(NC(=O)CNc2ccc(C(=O)NCc3ccco3)cc2)cc1Cl. The summed E-state index contributed by atoms with van der Waals surface area (Å²) in [4.78, 5) is 24.2. The maximum Gasteiger partial charge on any atom is 0.251 e. The van der Waals surface area contributed by atoms with Crippen molar-refractivity contribution in [3.8, 4) is 0 Å². The van der Waals surface area contributed by atoms with E-state index >= 15 is 0 Å². The summed E-state index contributed by atoms with van der Waals surface area (Å²) in [6, 6.07) is 15.8. The highest BCUT2D eigenvalue weighted by Crippen LogP contribution is 2.20. The third-order valence-corrected chi connectivity index (χ3v) is 4.47. The van der Waals surface area contributed by atoms with Gasteiger partial charge >= 0.3 is 0 Å². The zero-order valence-corrected chi connectivity index (χ0v) is 16.0. The lowest BCUT2D eigenvalue weighted by atomic mass is 10.2. The smallest absolute Gasteiger partial charge is 0.251 e. The van der Waals surface area contributed by atoms with Gasteiger partial charge in [-0.25, -0.2) is 0 Å². The first-order valence-corrected chi connectivity index (χ1v) is 9.09. The zero-order chi connectivity index (χ0) is 19.9. The van der Waals surface area contributed by atoms with E-state index in [0.717, 1.165) is 11.3 Å². The van der Waals surface area contributed by atoms with Gasteiger partial charge in [-0.1, -0.05) is 17.7 Å². The Kier molecular flexibility index (Phi) is 6.34. The number of carbonyl (C=O) groups is 2. The molecular weight excluding hydrogens is 378 g/mol. The van der Waals surface area contributed by atoms with E-state index in [1.807, 2.05) is 13.0 Å². The number of furan rings is 1. The highest BCUT2D eigenvalue weighted by Gasteiger charge is 2.07. The largest absolute Gasteiger partial charge is 0.467 e. The Labute approximate surface area is 167 Å². The summed E-state index contributed by atoms with van der Waals surface area (Å²) in [7, 11) is 0. The molecule has 28 heavy (non-hydrogen) atoms. The summed E-state index contributed by atoms with van der Waals surface area (Å²) < 4.78 is 5.18. The Morgan fingerprint density at radius 1 is 1.04 bits per heavy atom. The standard InChI is InChI=1S/C21H20ClN3O3/c1-14-4-7-17(11-19(14)22)25-20(26)13-23-16-8-5-15(6-9-16)21(27)24-12-18-3-2-10-28-18/h2-11,23H,12-13H2,1H3,(H,24,27)(H,25,26). The maximum atomic E-state index is 12.1. The molecule has 3 aromatic rings. The number of hydrogen-bond donors (Lipinski definition) is 3. The number of carbonyl (C=O) groups excluding carboxylic acids is 2. The van der Waals surface area contributed by atoms with Gasteiger partial charge in [0.2, 0.25) is 5.91 Å². The number of anilines is 2. The Morgan fingerprint density at radius 3 is 2.46 bits per heavy atom. The van der Waals surface area contributed by atoms with E-state index in [0.29, 0.717) is 28.6 Å². The van der Waals surface area contributed by atoms with Gasteiger partial charge in [0.05, 0.1) is 19.4 Å². The van der Waals surface area contributed by atoms with E-state index in [1.54, 1.807) is 54.8 Å². The highest BCUT2D eigenvalue weighted by molar-refractivity contribution is 6.31. The average molecular weight is 398 g/mol. The predicted octanol–water partition coefficient (Wildman–Crippen LogP) is 4.22. The lowest BCUT2D eigenvalue weighted by molar-refractivity contribution is -0.114. The van der Waals surface area contributed by atoms with Crippen LogP contribution in [-0.2, 0) is 11.3 Å². The number of amides is 2. The second-order valence-corrected chi connectivity index (χ2v) is 6.61. The van der Waals surface area contributed by atoms with E-state index in [2.05, 4.69) is 16.0 Å². The van der Waals surface area contributed by atoms with Crippen molar-refractivity contribution in [2.45, 2.75) is 13.5 Å². The average Bonchev–Trinajstić information content (AvgIpc) is 3.21. The molecule has 6 nitrogen and oxygen atoms in total. The van der Waals surface area contributed by atoms with Crippen LogP contribution in [0.2, 0.25) is 5.02 Å². The number of hydrogen-bond acceptors (Lipinski definition) is 4. The molecule has 2 aromatic carbocycles. The van der Waals surface area contributed by atoms with Gasteiger partial charge in [0.1, 0.15) is 5.76 Å². The van der Waals surface area contributed by atoms with Crippen molar-refractivity contribution >= 4 is 34.8 Å². The quantitative estimate of drug-likeness (QED) is 0.557. The number of benzene rings is 2. The van der Waals surface area contributed by atoms with Crippen LogP contribution in [0.4, 0.5) is 11.4 Å². The Bertz CT molecular complexity index is 954. The summed E-state index contributed by atoms with van der Waals surface area (Å²) in [5.74, 6) is 0.296. The number of nitrogens with one attached hydrogen (secondary N) is 3. The first-order chi connectivity index (χ1) is 13.5. The van der Waals surface area contributed by atoms with Crippen molar-refractivity contribution in [2.75, 3.05) is 17.2 Å². The van der Waals surface area contributed by atoms with Crippen LogP contribution in [0.5, 0.6) is 0 Å². The molecular formula is C21H20ClN3O3. The van der Waals surface area contributed by atoms with Gasteiger partial charge in [-0.2, -0.15) is 0 Å². The third-order valence-electron chi connectivity index (χ3n) is 4.06. The predicted molar refractivity (Wildman–Crippen MR) is 110 cm³/mol. The second kappa shape index (κ2) is 9.10. The normalized spacial score (nSPS) is 10.4. The molecule has 0 spiro atoms. The van der Waals surface area contributed by atoms with Crippen LogP contribution in [0, 0.1) is 6.92 Å². The minimum Gasteiger partial charge on any atom is -0.467 e. The van der Waals surface area contributed by atoms with Gasteiger partial charge in [-0.15, -0.1) is 0 Å². The van der Waals surface area contributed by atoms with Gasteiger partial charge in [0, 0.05) is 22.0 Å². The lowest BCUT2D eigenvalue weighted by Gasteiger charge is -2.09. The van der Waals surface area contributed by atoms with Crippen molar-refractivity contribution in [2.24, 2.45) is 0 Å². The fourth-order valence-corrected chi connectivity index (χ4v) is 2.66. The molecule has 0 saturated carbocycles.